The van der Waals surface area contributed by atoms with Crippen molar-refractivity contribution in [2.24, 2.45) is 0 Å². The van der Waals surface area contributed by atoms with Crippen molar-refractivity contribution in [1.82, 2.24) is 9.88 Å². The van der Waals surface area contributed by atoms with Gasteiger partial charge in [0.15, 0.2) is 0 Å². The van der Waals surface area contributed by atoms with Gasteiger partial charge in [0.1, 0.15) is 12.4 Å². The molecule has 1 saturated heterocycles. The minimum absolute atomic E-state index is 0.242. The average molecular weight is 523 g/mol. The first-order valence-corrected chi connectivity index (χ1v) is 12.0. The van der Waals surface area contributed by atoms with Gasteiger partial charge < -0.3 is 4.74 Å². The van der Waals surface area contributed by atoms with E-state index in [1.807, 2.05) is 36.4 Å². The number of rotatable bonds is 5. The van der Waals surface area contributed by atoms with Gasteiger partial charge >= 0.3 is 0 Å². The molecule has 2 heterocycles. The molecule has 0 aliphatic carbocycles. The summed E-state index contributed by atoms with van der Waals surface area (Å²) in [6.07, 6.45) is 3.22. The number of ether oxygens (including phenoxy) is 1. The van der Waals surface area contributed by atoms with Crippen molar-refractivity contribution in [3.05, 3.63) is 105 Å². The Labute approximate surface area is 214 Å². The maximum absolute atomic E-state index is 13.4. The molecule has 1 N–H and O–H groups in total. The number of imide groups is 1. The van der Waals surface area contributed by atoms with E-state index in [0.717, 1.165) is 17.3 Å². The smallest absolute Gasteiger partial charge is 0.290 e. The van der Waals surface area contributed by atoms with Gasteiger partial charge in [-0.25, -0.2) is 0 Å². The SMILES string of the molecule is O=C1NC(=O)/C(=C\c2cn(C(=O)c3ccc(Cl)c(Cl)c3)c3ccc(OCc4ccccc4)cc23)S1. The summed E-state index contributed by atoms with van der Waals surface area (Å²) in [6, 6.07) is 19.8. The lowest BCUT2D eigenvalue weighted by Gasteiger charge is -2.08. The largest absolute Gasteiger partial charge is 0.489 e. The topological polar surface area (TPSA) is 77.4 Å². The van der Waals surface area contributed by atoms with E-state index in [4.69, 9.17) is 27.9 Å². The second-order valence-corrected chi connectivity index (χ2v) is 9.52. The summed E-state index contributed by atoms with van der Waals surface area (Å²) < 4.78 is 7.43. The van der Waals surface area contributed by atoms with Crippen molar-refractivity contribution in [2.45, 2.75) is 6.61 Å². The number of carbonyl (C=O) groups excluding carboxylic acids is 3. The molecule has 6 nitrogen and oxygen atoms in total. The van der Waals surface area contributed by atoms with Crippen molar-refractivity contribution in [2.75, 3.05) is 0 Å². The fraction of sp³-hybridized carbons (Fsp3) is 0.0385. The average Bonchev–Trinajstić information content (AvgIpc) is 3.38. The highest BCUT2D eigenvalue weighted by molar-refractivity contribution is 8.18. The summed E-state index contributed by atoms with van der Waals surface area (Å²) in [5.41, 5.74) is 2.56. The lowest BCUT2D eigenvalue weighted by Crippen LogP contribution is -2.17. The highest BCUT2D eigenvalue weighted by Crippen LogP contribution is 2.33. The third kappa shape index (κ3) is 4.84. The Hall–Kier alpha value is -3.52. The standard InChI is InChI=1S/C26H16Cl2N2O4S/c27-20-8-6-16(10-21(20)28)25(32)30-13-17(11-23-24(31)29-26(33)35-23)19-12-18(7-9-22(19)30)34-14-15-4-2-1-3-5-15/h1-13H,14H2,(H,29,31,33)/b23-11+. The molecule has 2 amide bonds. The van der Waals surface area contributed by atoms with Crippen molar-refractivity contribution < 1.29 is 19.1 Å². The van der Waals surface area contributed by atoms with Crippen LogP contribution in [0.2, 0.25) is 10.0 Å². The van der Waals surface area contributed by atoms with Gasteiger partial charge in [-0.3, -0.25) is 24.3 Å². The molecule has 3 aromatic carbocycles. The molecule has 5 rings (SSSR count). The molecule has 4 aromatic rings. The zero-order chi connectivity index (χ0) is 24.5. The number of aromatic nitrogens is 1. The van der Waals surface area contributed by atoms with Crippen LogP contribution in [0.1, 0.15) is 21.5 Å². The van der Waals surface area contributed by atoms with Gasteiger partial charge in [0.25, 0.3) is 17.1 Å². The lowest BCUT2D eigenvalue weighted by atomic mass is 10.1. The molecule has 0 unspecified atom stereocenters. The molecule has 0 spiro atoms. The van der Waals surface area contributed by atoms with E-state index >= 15 is 0 Å². The van der Waals surface area contributed by atoms with E-state index in [-0.39, 0.29) is 15.8 Å². The molecule has 0 atom stereocenters. The molecular formula is C26H16Cl2N2O4S. The normalized spacial score (nSPS) is 14.5. The van der Waals surface area contributed by atoms with Crippen LogP contribution in [0.4, 0.5) is 4.79 Å². The van der Waals surface area contributed by atoms with E-state index in [2.05, 4.69) is 5.32 Å². The first kappa shape index (κ1) is 23.2. The van der Waals surface area contributed by atoms with E-state index in [0.29, 0.717) is 39.4 Å². The number of halogens is 2. The molecule has 1 aromatic heterocycles. The molecule has 1 fully saturated rings. The number of nitrogens with one attached hydrogen (secondary N) is 1. The zero-order valence-corrected chi connectivity index (χ0v) is 20.3. The number of amides is 2. The number of benzene rings is 3. The van der Waals surface area contributed by atoms with Crippen LogP contribution in [0.5, 0.6) is 5.75 Å². The number of fused-ring (bicyclic) bond motifs is 1. The Bertz CT molecular complexity index is 1530. The van der Waals surface area contributed by atoms with Crippen LogP contribution in [-0.2, 0) is 11.4 Å². The quantitative estimate of drug-likeness (QED) is 0.301. The van der Waals surface area contributed by atoms with E-state index in [1.54, 1.807) is 36.5 Å². The first-order valence-electron chi connectivity index (χ1n) is 10.5. The monoisotopic (exact) mass is 522 g/mol. The minimum Gasteiger partial charge on any atom is -0.489 e. The van der Waals surface area contributed by atoms with Crippen molar-refractivity contribution >= 4 is 69.0 Å². The number of carbonyl (C=O) groups is 3. The molecule has 1 aliphatic heterocycles. The molecule has 0 saturated carbocycles. The Morgan fingerprint density at radius 1 is 1.00 bits per heavy atom. The van der Waals surface area contributed by atoms with E-state index < -0.39 is 11.1 Å². The number of thioether (sulfide) groups is 1. The van der Waals surface area contributed by atoms with Gasteiger partial charge in [0.05, 0.1) is 20.5 Å². The van der Waals surface area contributed by atoms with Gasteiger partial charge in [-0.05, 0) is 59.8 Å². The number of hydrogen-bond acceptors (Lipinski definition) is 5. The summed E-state index contributed by atoms with van der Waals surface area (Å²) in [5, 5.41) is 3.10. The molecule has 9 heteroatoms. The second-order valence-electron chi connectivity index (χ2n) is 7.69. The fourth-order valence-electron chi connectivity index (χ4n) is 3.68. The van der Waals surface area contributed by atoms with Crippen LogP contribution >= 0.6 is 35.0 Å². The Morgan fingerprint density at radius 3 is 2.51 bits per heavy atom. The van der Waals surface area contributed by atoms with Gasteiger partial charge in [-0.1, -0.05) is 53.5 Å². The summed E-state index contributed by atoms with van der Waals surface area (Å²) >= 11 is 12.9. The molecule has 174 valence electrons. The van der Waals surface area contributed by atoms with Crippen LogP contribution in [0.3, 0.4) is 0 Å². The van der Waals surface area contributed by atoms with Gasteiger partial charge in [0, 0.05) is 22.7 Å². The van der Waals surface area contributed by atoms with Crippen molar-refractivity contribution in [3.8, 4) is 5.75 Å². The fourth-order valence-corrected chi connectivity index (χ4v) is 4.65. The number of hydrogen-bond donors (Lipinski definition) is 1. The van der Waals surface area contributed by atoms with Gasteiger partial charge in [0.2, 0.25) is 0 Å². The molecular weight excluding hydrogens is 507 g/mol. The summed E-state index contributed by atoms with van der Waals surface area (Å²) in [5.74, 6) is -0.204. The minimum atomic E-state index is -0.479. The predicted octanol–water partition coefficient (Wildman–Crippen LogP) is 6.54. The summed E-state index contributed by atoms with van der Waals surface area (Å²) in [6.45, 7) is 0.373. The first-order chi connectivity index (χ1) is 16.9. The third-order valence-electron chi connectivity index (χ3n) is 5.37. The van der Waals surface area contributed by atoms with Crippen molar-refractivity contribution in [3.63, 3.8) is 0 Å². The Morgan fingerprint density at radius 2 is 1.80 bits per heavy atom. The highest BCUT2D eigenvalue weighted by atomic mass is 35.5. The second kappa shape index (κ2) is 9.62. The Balaban J connectivity index is 1.57. The zero-order valence-electron chi connectivity index (χ0n) is 18.0. The summed E-state index contributed by atoms with van der Waals surface area (Å²) in [7, 11) is 0. The molecule has 1 aliphatic rings. The van der Waals surface area contributed by atoms with E-state index in [9.17, 15) is 14.4 Å². The van der Waals surface area contributed by atoms with Crippen LogP contribution in [0.25, 0.3) is 17.0 Å². The van der Waals surface area contributed by atoms with Crippen LogP contribution < -0.4 is 10.1 Å². The maximum atomic E-state index is 13.4. The van der Waals surface area contributed by atoms with Crippen molar-refractivity contribution in [1.29, 1.82) is 0 Å². The predicted molar refractivity (Wildman–Crippen MR) is 138 cm³/mol. The lowest BCUT2D eigenvalue weighted by molar-refractivity contribution is -0.115. The Kier molecular flexibility index (Phi) is 6.38. The van der Waals surface area contributed by atoms with E-state index in [1.165, 1.54) is 10.6 Å². The molecule has 0 radical (unpaired) electrons. The maximum Gasteiger partial charge on any atom is 0.290 e. The van der Waals surface area contributed by atoms with Crippen LogP contribution in [-0.4, -0.2) is 21.6 Å². The third-order valence-corrected chi connectivity index (χ3v) is 6.92. The molecule has 35 heavy (non-hydrogen) atoms. The molecule has 0 bridgehead atoms. The summed E-state index contributed by atoms with van der Waals surface area (Å²) in [4.78, 5) is 37.4. The number of nitrogens with zero attached hydrogens (tertiary/aromatic N) is 1. The van der Waals surface area contributed by atoms with Gasteiger partial charge in [-0.2, -0.15) is 0 Å². The van der Waals surface area contributed by atoms with Gasteiger partial charge in [-0.15, -0.1) is 0 Å². The van der Waals surface area contributed by atoms with Crippen LogP contribution in [0, 0.1) is 0 Å². The highest BCUT2D eigenvalue weighted by Gasteiger charge is 2.26. The van der Waals surface area contributed by atoms with Crippen LogP contribution in [0.15, 0.2) is 77.8 Å².